The standard InChI is InChI=1S/C18H16FN3O2S/c1-24-14-5-3-2-4-12(14)10-21-18(23)17-15(20)16(22-25-17)11-6-8-13(19)9-7-11/h2-9H,10,20H2,1H3,(H,21,23). The maximum absolute atomic E-state index is 13.0. The first-order valence-corrected chi connectivity index (χ1v) is 8.28. The Morgan fingerprint density at radius 1 is 1.24 bits per heavy atom. The number of halogens is 1. The normalized spacial score (nSPS) is 10.5. The number of nitrogens with one attached hydrogen (secondary N) is 1. The Kier molecular flexibility index (Phi) is 4.95. The molecule has 2 aromatic carbocycles. The van der Waals surface area contributed by atoms with Gasteiger partial charge in [0.15, 0.2) is 0 Å². The van der Waals surface area contributed by atoms with Crippen LogP contribution in [0.5, 0.6) is 5.75 Å². The largest absolute Gasteiger partial charge is 0.496 e. The second kappa shape index (κ2) is 7.31. The van der Waals surface area contributed by atoms with Crippen LogP contribution < -0.4 is 15.8 Å². The van der Waals surface area contributed by atoms with Crippen molar-refractivity contribution in [2.75, 3.05) is 12.8 Å². The minimum absolute atomic E-state index is 0.286. The molecule has 0 unspecified atom stereocenters. The van der Waals surface area contributed by atoms with Crippen LogP contribution >= 0.6 is 11.5 Å². The number of rotatable bonds is 5. The van der Waals surface area contributed by atoms with Crippen LogP contribution in [0.3, 0.4) is 0 Å². The molecule has 1 heterocycles. The molecule has 0 radical (unpaired) electrons. The van der Waals surface area contributed by atoms with Gasteiger partial charge in [-0.15, -0.1) is 0 Å². The zero-order valence-electron chi connectivity index (χ0n) is 13.5. The Bertz CT molecular complexity index is 894. The average Bonchev–Trinajstić information content (AvgIpc) is 3.02. The summed E-state index contributed by atoms with van der Waals surface area (Å²) in [5.41, 5.74) is 8.36. The number of amides is 1. The summed E-state index contributed by atoms with van der Waals surface area (Å²) in [6.07, 6.45) is 0. The number of hydrogen-bond donors (Lipinski definition) is 2. The van der Waals surface area contributed by atoms with E-state index in [2.05, 4.69) is 9.69 Å². The van der Waals surface area contributed by atoms with Gasteiger partial charge < -0.3 is 15.8 Å². The first-order valence-electron chi connectivity index (χ1n) is 7.51. The highest BCUT2D eigenvalue weighted by Gasteiger charge is 2.18. The second-order valence-corrected chi connectivity index (χ2v) is 6.05. The number of aromatic nitrogens is 1. The molecule has 128 valence electrons. The van der Waals surface area contributed by atoms with Gasteiger partial charge in [0, 0.05) is 17.7 Å². The van der Waals surface area contributed by atoms with Gasteiger partial charge in [0.25, 0.3) is 5.91 Å². The van der Waals surface area contributed by atoms with Crippen molar-refractivity contribution in [3.63, 3.8) is 0 Å². The topological polar surface area (TPSA) is 77.2 Å². The predicted molar refractivity (Wildman–Crippen MR) is 96.1 cm³/mol. The number of para-hydroxylation sites is 1. The van der Waals surface area contributed by atoms with E-state index in [1.807, 2.05) is 24.3 Å². The number of ether oxygens (including phenoxy) is 1. The van der Waals surface area contributed by atoms with Crippen molar-refractivity contribution >= 4 is 23.1 Å². The molecule has 3 rings (SSSR count). The molecule has 25 heavy (non-hydrogen) atoms. The van der Waals surface area contributed by atoms with Crippen LogP contribution in [0.2, 0.25) is 0 Å². The highest BCUT2D eigenvalue weighted by molar-refractivity contribution is 7.09. The molecule has 0 saturated heterocycles. The maximum Gasteiger partial charge on any atom is 0.265 e. The molecule has 0 atom stereocenters. The Morgan fingerprint density at radius 2 is 1.96 bits per heavy atom. The fraction of sp³-hybridized carbons (Fsp3) is 0.111. The van der Waals surface area contributed by atoms with Gasteiger partial charge in [-0.2, -0.15) is 4.37 Å². The van der Waals surface area contributed by atoms with Crippen LogP contribution in [0.4, 0.5) is 10.1 Å². The fourth-order valence-corrected chi connectivity index (χ4v) is 3.12. The zero-order valence-corrected chi connectivity index (χ0v) is 14.3. The quantitative estimate of drug-likeness (QED) is 0.733. The Morgan fingerprint density at radius 3 is 2.68 bits per heavy atom. The highest BCUT2D eigenvalue weighted by Crippen LogP contribution is 2.31. The Labute approximate surface area is 148 Å². The van der Waals surface area contributed by atoms with E-state index in [1.54, 1.807) is 19.2 Å². The molecular weight excluding hydrogens is 341 g/mol. The number of hydrogen-bond acceptors (Lipinski definition) is 5. The van der Waals surface area contributed by atoms with Crippen molar-refractivity contribution in [3.8, 4) is 17.0 Å². The van der Waals surface area contributed by atoms with E-state index >= 15 is 0 Å². The van der Waals surface area contributed by atoms with E-state index in [-0.39, 0.29) is 17.4 Å². The van der Waals surface area contributed by atoms with Crippen molar-refractivity contribution in [2.45, 2.75) is 6.54 Å². The van der Waals surface area contributed by atoms with Crippen molar-refractivity contribution < 1.29 is 13.9 Å². The lowest BCUT2D eigenvalue weighted by molar-refractivity contribution is 0.0955. The van der Waals surface area contributed by atoms with E-state index in [9.17, 15) is 9.18 Å². The van der Waals surface area contributed by atoms with Crippen LogP contribution in [0, 0.1) is 5.82 Å². The molecule has 0 bridgehead atoms. The molecule has 5 nitrogen and oxygen atoms in total. The molecule has 0 aliphatic heterocycles. The number of anilines is 1. The van der Waals surface area contributed by atoms with Gasteiger partial charge in [0.1, 0.15) is 22.1 Å². The van der Waals surface area contributed by atoms with Gasteiger partial charge in [-0.1, -0.05) is 18.2 Å². The first kappa shape index (κ1) is 16.9. The number of nitrogens with two attached hydrogens (primary N) is 1. The minimum Gasteiger partial charge on any atom is -0.496 e. The van der Waals surface area contributed by atoms with Crippen LogP contribution in [0.25, 0.3) is 11.3 Å². The van der Waals surface area contributed by atoms with Crippen molar-refractivity contribution in [3.05, 3.63) is 64.8 Å². The van der Waals surface area contributed by atoms with E-state index in [1.165, 1.54) is 12.1 Å². The lowest BCUT2D eigenvalue weighted by atomic mass is 10.1. The highest BCUT2D eigenvalue weighted by atomic mass is 32.1. The number of methoxy groups -OCH3 is 1. The zero-order chi connectivity index (χ0) is 17.8. The summed E-state index contributed by atoms with van der Waals surface area (Å²) in [7, 11) is 1.58. The van der Waals surface area contributed by atoms with Gasteiger partial charge in [-0.3, -0.25) is 4.79 Å². The van der Waals surface area contributed by atoms with Crippen LogP contribution in [-0.2, 0) is 6.54 Å². The van der Waals surface area contributed by atoms with Crippen molar-refractivity contribution in [1.82, 2.24) is 9.69 Å². The molecule has 0 aliphatic carbocycles. The first-order chi connectivity index (χ1) is 12.1. The van der Waals surface area contributed by atoms with E-state index in [0.29, 0.717) is 28.4 Å². The lowest BCUT2D eigenvalue weighted by Gasteiger charge is -2.09. The van der Waals surface area contributed by atoms with Crippen molar-refractivity contribution in [2.24, 2.45) is 0 Å². The van der Waals surface area contributed by atoms with E-state index in [0.717, 1.165) is 17.1 Å². The Balaban J connectivity index is 1.76. The van der Waals surface area contributed by atoms with Gasteiger partial charge in [0.2, 0.25) is 0 Å². The monoisotopic (exact) mass is 357 g/mol. The molecule has 0 spiro atoms. The molecular formula is C18H16FN3O2S. The van der Waals surface area contributed by atoms with E-state index < -0.39 is 0 Å². The van der Waals surface area contributed by atoms with Crippen LogP contribution in [-0.4, -0.2) is 17.4 Å². The summed E-state index contributed by atoms with van der Waals surface area (Å²) in [5, 5.41) is 2.82. The average molecular weight is 357 g/mol. The smallest absolute Gasteiger partial charge is 0.265 e. The fourth-order valence-electron chi connectivity index (χ4n) is 2.38. The number of benzene rings is 2. The Hall–Kier alpha value is -2.93. The van der Waals surface area contributed by atoms with Gasteiger partial charge in [-0.05, 0) is 41.9 Å². The molecule has 1 aromatic heterocycles. The lowest BCUT2D eigenvalue weighted by Crippen LogP contribution is -2.23. The third-order valence-corrected chi connectivity index (χ3v) is 4.55. The second-order valence-electron chi connectivity index (χ2n) is 5.28. The van der Waals surface area contributed by atoms with E-state index in [4.69, 9.17) is 10.5 Å². The summed E-state index contributed by atoms with van der Waals surface area (Å²) in [6, 6.07) is 13.3. The summed E-state index contributed by atoms with van der Waals surface area (Å²) < 4.78 is 22.5. The van der Waals surface area contributed by atoms with Gasteiger partial charge in [-0.25, -0.2) is 4.39 Å². The van der Waals surface area contributed by atoms with Crippen LogP contribution in [0.1, 0.15) is 15.2 Å². The molecule has 0 saturated carbocycles. The third kappa shape index (κ3) is 3.61. The summed E-state index contributed by atoms with van der Waals surface area (Å²) >= 11 is 1.02. The number of nitrogen functional groups attached to an aromatic ring is 1. The summed E-state index contributed by atoms with van der Waals surface area (Å²) in [5.74, 6) is 0.0497. The number of carbonyl (C=O) groups is 1. The number of nitrogens with zero attached hydrogens (tertiary/aromatic N) is 1. The molecule has 0 aliphatic rings. The predicted octanol–water partition coefficient (Wildman–Crippen LogP) is 3.47. The molecule has 3 aromatic rings. The van der Waals surface area contributed by atoms with Crippen LogP contribution in [0.15, 0.2) is 48.5 Å². The maximum atomic E-state index is 13.0. The van der Waals surface area contributed by atoms with Gasteiger partial charge in [0.05, 0.1) is 12.8 Å². The van der Waals surface area contributed by atoms with Gasteiger partial charge >= 0.3 is 0 Å². The summed E-state index contributed by atoms with van der Waals surface area (Å²) in [4.78, 5) is 12.7. The van der Waals surface area contributed by atoms with Crippen molar-refractivity contribution in [1.29, 1.82) is 0 Å². The molecule has 0 fully saturated rings. The molecule has 7 heteroatoms. The summed E-state index contributed by atoms with van der Waals surface area (Å²) in [6.45, 7) is 0.312. The SMILES string of the molecule is COc1ccccc1CNC(=O)c1snc(-c2ccc(F)cc2)c1N. The number of carbonyl (C=O) groups excluding carboxylic acids is 1. The molecule has 3 N–H and O–H groups in total. The third-order valence-electron chi connectivity index (χ3n) is 3.68. The molecule has 1 amide bonds. The minimum atomic E-state index is -0.340.